The smallest absolute Gasteiger partial charge is 0.159 e. The minimum absolute atomic E-state index is 0.0577. The Labute approximate surface area is 122 Å². The lowest BCUT2D eigenvalue weighted by molar-refractivity contribution is 0.242. The molecule has 0 aromatic heterocycles. The van der Waals surface area contributed by atoms with Gasteiger partial charge in [0.05, 0.1) is 11.5 Å². The molecule has 0 aliphatic carbocycles. The SMILES string of the molecule is CC(C)Oc1cccc(C(Cl)c2ccc(F)c(F)c2)c1. The molecule has 4 heteroatoms. The van der Waals surface area contributed by atoms with Gasteiger partial charge in [0.25, 0.3) is 0 Å². The molecular weight excluding hydrogens is 282 g/mol. The van der Waals surface area contributed by atoms with Gasteiger partial charge in [-0.15, -0.1) is 11.6 Å². The highest BCUT2D eigenvalue weighted by Crippen LogP contribution is 2.31. The Morgan fingerprint density at radius 1 is 0.950 bits per heavy atom. The van der Waals surface area contributed by atoms with E-state index in [1.807, 2.05) is 32.0 Å². The minimum Gasteiger partial charge on any atom is -0.491 e. The molecule has 20 heavy (non-hydrogen) atoms. The molecule has 106 valence electrons. The monoisotopic (exact) mass is 296 g/mol. The van der Waals surface area contributed by atoms with Gasteiger partial charge in [-0.25, -0.2) is 8.78 Å². The Balaban J connectivity index is 2.28. The van der Waals surface area contributed by atoms with Crippen LogP contribution >= 0.6 is 11.6 Å². The van der Waals surface area contributed by atoms with Crippen molar-refractivity contribution in [3.63, 3.8) is 0 Å². The van der Waals surface area contributed by atoms with E-state index < -0.39 is 17.0 Å². The molecule has 0 fully saturated rings. The third-order valence-corrected chi connectivity index (χ3v) is 3.26. The molecule has 0 saturated heterocycles. The second-order valence-electron chi connectivity index (χ2n) is 4.78. The zero-order valence-electron chi connectivity index (χ0n) is 11.2. The van der Waals surface area contributed by atoms with E-state index in [-0.39, 0.29) is 6.10 Å². The maximum Gasteiger partial charge on any atom is 0.159 e. The second-order valence-corrected chi connectivity index (χ2v) is 5.21. The number of hydrogen-bond donors (Lipinski definition) is 0. The van der Waals surface area contributed by atoms with Crippen LogP contribution < -0.4 is 4.74 Å². The van der Waals surface area contributed by atoms with Crippen molar-refractivity contribution in [1.29, 1.82) is 0 Å². The summed E-state index contributed by atoms with van der Waals surface area (Å²) in [4.78, 5) is 0. The van der Waals surface area contributed by atoms with Gasteiger partial charge in [-0.2, -0.15) is 0 Å². The average Bonchev–Trinajstić information content (AvgIpc) is 2.40. The number of benzene rings is 2. The number of alkyl halides is 1. The molecule has 1 atom stereocenters. The Hall–Kier alpha value is -1.61. The van der Waals surface area contributed by atoms with Crippen LogP contribution in [0.2, 0.25) is 0 Å². The summed E-state index contributed by atoms with van der Waals surface area (Å²) in [5.74, 6) is -1.08. The Bertz CT molecular complexity index is 599. The maximum absolute atomic E-state index is 13.2. The van der Waals surface area contributed by atoms with Crippen molar-refractivity contribution in [2.75, 3.05) is 0 Å². The van der Waals surface area contributed by atoms with Crippen molar-refractivity contribution in [3.8, 4) is 5.75 Å². The summed E-state index contributed by atoms with van der Waals surface area (Å²) >= 11 is 6.32. The number of rotatable bonds is 4. The highest BCUT2D eigenvalue weighted by molar-refractivity contribution is 6.22. The molecule has 1 nitrogen and oxygen atoms in total. The normalized spacial score (nSPS) is 12.5. The van der Waals surface area contributed by atoms with Gasteiger partial charge in [0, 0.05) is 0 Å². The first kappa shape index (κ1) is 14.8. The Kier molecular flexibility index (Phi) is 4.61. The average molecular weight is 297 g/mol. The molecule has 0 aliphatic heterocycles. The predicted molar refractivity (Wildman–Crippen MR) is 76.3 cm³/mol. The van der Waals surface area contributed by atoms with Crippen LogP contribution in [-0.4, -0.2) is 6.10 Å². The molecule has 0 aliphatic rings. The van der Waals surface area contributed by atoms with Crippen LogP contribution in [0.5, 0.6) is 5.75 Å². The van der Waals surface area contributed by atoms with E-state index in [4.69, 9.17) is 16.3 Å². The van der Waals surface area contributed by atoms with Gasteiger partial charge in [0.1, 0.15) is 5.75 Å². The second kappa shape index (κ2) is 6.23. The van der Waals surface area contributed by atoms with E-state index in [0.717, 1.165) is 17.7 Å². The van der Waals surface area contributed by atoms with Crippen molar-refractivity contribution in [2.24, 2.45) is 0 Å². The fourth-order valence-electron chi connectivity index (χ4n) is 1.88. The van der Waals surface area contributed by atoms with Gasteiger partial charge in [0.2, 0.25) is 0 Å². The van der Waals surface area contributed by atoms with Crippen molar-refractivity contribution < 1.29 is 13.5 Å². The van der Waals surface area contributed by atoms with Crippen molar-refractivity contribution in [3.05, 3.63) is 65.2 Å². The Morgan fingerprint density at radius 2 is 1.65 bits per heavy atom. The van der Waals surface area contributed by atoms with E-state index >= 15 is 0 Å². The molecule has 0 radical (unpaired) electrons. The Morgan fingerprint density at radius 3 is 2.30 bits per heavy atom. The van der Waals surface area contributed by atoms with Crippen LogP contribution in [0.4, 0.5) is 8.78 Å². The van der Waals surface area contributed by atoms with Gasteiger partial charge in [0.15, 0.2) is 11.6 Å². The van der Waals surface area contributed by atoms with E-state index in [2.05, 4.69) is 0 Å². The molecule has 0 spiro atoms. The van der Waals surface area contributed by atoms with Crippen LogP contribution in [0.3, 0.4) is 0 Å². The number of hydrogen-bond acceptors (Lipinski definition) is 1. The standard InChI is InChI=1S/C16H15ClF2O/c1-10(2)20-13-5-3-4-11(8-13)16(17)12-6-7-14(18)15(19)9-12/h3-10,16H,1-2H3. The molecule has 0 heterocycles. The van der Waals surface area contributed by atoms with Gasteiger partial charge in [-0.1, -0.05) is 18.2 Å². The van der Waals surface area contributed by atoms with E-state index in [1.54, 1.807) is 6.07 Å². The highest BCUT2D eigenvalue weighted by Gasteiger charge is 2.14. The van der Waals surface area contributed by atoms with Crippen LogP contribution in [0.15, 0.2) is 42.5 Å². The summed E-state index contributed by atoms with van der Waals surface area (Å²) in [6, 6.07) is 11.0. The number of ether oxygens (including phenoxy) is 1. The maximum atomic E-state index is 13.2. The minimum atomic E-state index is -0.900. The third-order valence-electron chi connectivity index (χ3n) is 2.76. The number of halogens is 3. The van der Waals surface area contributed by atoms with Gasteiger partial charge >= 0.3 is 0 Å². The van der Waals surface area contributed by atoms with E-state index in [9.17, 15) is 8.78 Å². The lowest BCUT2D eigenvalue weighted by Crippen LogP contribution is -2.06. The molecule has 2 rings (SSSR count). The van der Waals surface area contributed by atoms with Crippen molar-refractivity contribution in [2.45, 2.75) is 25.3 Å². The van der Waals surface area contributed by atoms with Gasteiger partial charge in [-0.05, 0) is 49.2 Å². The van der Waals surface area contributed by atoms with Gasteiger partial charge in [-0.3, -0.25) is 0 Å². The largest absolute Gasteiger partial charge is 0.491 e. The molecule has 1 unspecified atom stereocenters. The summed E-state index contributed by atoms with van der Waals surface area (Å²) in [7, 11) is 0. The molecule has 0 bridgehead atoms. The third kappa shape index (κ3) is 3.48. The van der Waals surface area contributed by atoms with E-state index in [0.29, 0.717) is 11.3 Å². The lowest BCUT2D eigenvalue weighted by atomic mass is 10.0. The highest BCUT2D eigenvalue weighted by atomic mass is 35.5. The van der Waals surface area contributed by atoms with Gasteiger partial charge < -0.3 is 4.74 Å². The van der Waals surface area contributed by atoms with Crippen LogP contribution in [0.25, 0.3) is 0 Å². The fourth-order valence-corrected chi connectivity index (χ4v) is 2.15. The topological polar surface area (TPSA) is 9.23 Å². The molecule has 0 amide bonds. The van der Waals surface area contributed by atoms with Crippen LogP contribution in [0, 0.1) is 11.6 Å². The van der Waals surface area contributed by atoms with Crippen molar-refractivity contribution in [1.82, 2.24) is 0 Å². The zero-order valence-corrected chi connectivity index (χ0v) is 12.0. The fraction of sp³-hybridized carbons (Fsp3) is 0.250. The summed E-state index contributed by atoms with van der Waals surface area (Å²) in [5.41, 5.74) is 1.28. The lowest BCUT2D eigenvalue weighted by Gasteiger charge is -2.14. The van der Waals surface area contributed by atoms with Crippen molar-refractivity contribution >= 4 is 11.6 Å². The zero-order chi connectivity index (χ0) is 14.7. The van der Waals surface area contributed by atoms with Crippen LogP contribution in [0.1, 0.15) is 30.4 Å². The van der Waals surface area contributed by atoms with E-state index in [1.165, 1.54) is 6.07 Å². The first-order valence-corrected chi connectivity index (χ1v) is 6.76. The van der Waals surface area contributed by atoms with Crippen LogP contribution in [-0.2, 0) is 0 Å². The quantitative estimate of drug-likeness (QED) is 0.715. The predicted octanol–water partition coefficient (Wildman–Crippen LogP) is 5.08. The molecule has 0 saturated carbocycles. The molecule has 0 N–H and O–H groups in total. The summed E-state index contributed by atoms with van der Waals surface area (Å²) in [6.07, 6.45) is 0.0577. The molecular formula is C16H15ClF2O. The summed E-state index contributed by atoms with van der Waals surface area (Å²) in [6.45, 7) is 3.86. The molecule has 2 aromatic carbocycles. The summed E-state index contributed by atoms with van der Waals surface area (Å²) in [5, 5.41) is -0.555. The summed E-state index contributed by atoms with van der Waals surface area (Å²) < 4.78 is 31.8. The molecule has 2 aromatic rings. The first-order chi connectivity index (χ1) is 9.47. The first-order valence-electron chi connectivity index (χ1n) is 6.33.